The third-order valence-corrected chi connectivity index (χ3v) is 5.09. The van der Waals surface area contributed by atoms with Crippen LogP contribution in [0.2, 0.25) is 0 Å². The predicted molar refractivity (Wildman–Crippen MR) is 78.7 cm³/mol. The smallest absolute Gasteiger partial charge is 0.311 e. The van der Waals surface area contributed by atoms with Gasteiger partial charge < -0.3 is 4.74 Å². The molecule has 1 aliphatic rings. The minimum Gasteiger partial charge on any atom is -0.462 e. The fourth-order valence-electron chi connectivity index (χ4n) is 2.04. The van der Waals surface area contributed by atoms with Crippen LogP contribution in [-0.4, -0.2) is 17.2 Å². The zero-order valence-electron chi connectivity index (χ0n) is 9.95. The number of hydrogen-bond donors (Lipinski definition) is 0. The summed E-state index contributed by atoms with van der Waals surface area (Å²) < 4.78 is 19.4. The monoisotopic (exact) mass is 363 g/mol. The van der Waals surface area contributed by atoms with E-state index in [1.54, 1.807) is 0 Å². The summed E-state index contributed by atoms with van der Waals surface area (Å²) in [6.07, 6.45) is 4.12. The minimum absolute atomic E-state index is 0.0227. The highest BCUT2D eigenvalue weighted by Gasteiger charge is 2.22. The second-order valence-corrected chi connectivity index (χ2v) is 6.27. The van der Waals surface area contributed by atoms with E-state index in [0.29, 0.717) is 9.35 Å². The van der Waals surface area contributed by atoms with Crippen LogP contribution in [0.1, 0.15) is 30.6 Å². The number of halogens is 2. The summed E-state index contributed by atoms with van der Waals surface area (Å²) >= 11 is 8.55. The number of rotatable bonds is 4. The lowest BCUT2D eigenvalue weighted by Gasteiger charge is -2.10. The zero-order chi connectivity index (χ0) is 13.8. The molecular weight excluding hydrogens is 353 g/mol. The molecule has 7 heteroatoms. The van der Waals surface area contributed by atoms with Gasteiger partial charge in [-0.1, -0.05) is 0 Å². The molecule has 0 saturated heterocycles. The van der Waals surface area contributed by atoms with Gasteiger partial charge in [0.2, 0.25) is 5.13 Å². The van der Waals surface area contributed by atoms with Gasteiger partial charge in [0.1, 0.15) is 11.8 Å². The quantitative estimate of drug-likeness (QED) is 0.451. The molecule has 1 heterocycles. The summed E-state index contributed by atoms with van der Waals surface area (Å²) in [4.78, 5) is 16.0. The van der Waals surface area contributed by atoms with Gasteiger partial charge in [-0.25, -0.2) is 0 Å². The highest BCUT2D eigenvalue weighted by molar-refractivity contribution is 9.10. The SMILES string of the molecule is O=C(Cc1sc(F)c(N=C=S)c1Br)OC1CCCC1. The topological polar surface area (TPSA) is 38.7 Å². The van der Waals surface area contributed by atoms with Crippen molar-refractivity contribution in [2.24, 2.45) is 4.99 Å². The van der Waals surface area contributed by atoms with Crippen molar-refractivity contribution in [3.63, 3.8) is 0 Å². The molecule has 0 spiro atoms. The lowest BCUT2D eigenvalue weighted by Crippen LogP contribution is -2.16. The van der Waals surface area contributed by atoms with E-state index in [9.17, 15) is 9.18 Å². The molecule has 102 valence electrons. The number of thiophene rings is 1. The number of carbonyl (C=O) groups is 1. The van der Waals surface area contributed by atoms with Crippen LogP contribution in [-0.2, 0) is 16.0 Å². The number of isothiocyanates is 1. The van der Waals surface area contributed by atoms with Crippen molar-refractivity contribution in [3.8, 4) is 0 Å². The summed E-state index contributed by atoms with van der Waals surface area (Å²) in [5.74, 6) is -0.327. The first kappa shape index (κ1) is 14.8. The standard InChI is InChI=1S/C12H11BrFNO2S2/c13-10-8(19-12(14)11(10)15-6-18)5-9(16)17-7-3-1-2-4-7/h7H,1-5H2. The lowest BCUT2D eigenvalue weighted by atomic mass is 10.3. The van der Waals surface area contributed by atoms with Crippen molar-refractivity contribution in [2.75, 3.05) is 0 Å². The third-order valence-electron chi connectivity index (χ3n) is 2.91. The second-order valence-electron chi connectivity index (χ2n) is 4.24. The molecule has 0 radical (unpaired) electrons. The van der Waals surface area contributed by atoms with E-state index in [0.717, 1.165) is 37.0 Å². The lowest BCUT2D eigenvalue weighted by molar-refractivity contribution is -0.147. The fraction of sp³-hybridized carbons (Fsp3) is 0.500. The zero-order valence-corrected chi connectivity index (χ0v) is 13.2. The Morgan fingerprint density at radius 3 is 2.89 bits per heavy atom. The van der Waals surface area contributed by atoms with Crippen molar-refractivity contribution in [1.29, 1.82) is 0 Å². The first-order valence-electron chi connectivity index (χ1n) is 5.86. The molecule has 0 amide bonds. The number of nitrogens with zero attached hydrogens (tertiary/aromatic N) is 1. The van der Waals surface area contributed by atoms with E-state index >= 15 is 0 Å². The van der Waals surface area contributed by atoms with Crippen molar-refractivity contribution in [3.05, 3.63) is 14.5 Å². The van der Waals surface area contributed by atoms with Crippen LogP contribution < -0.4 is 0 Å². The molecule has 1 aromatic heterocycles. The van der Waals surface area contributed by atoms with E-state index in [1.807, 2.05) is 0 Å². The van der Waals surface area contributed by atoms with Gasteiger partial charge in [-0.15, -0.1) is 11.3 Å². The Balaban J connectivity index is 2.04. The summed E-state index contributed by atoms with van der Waals surface area (Å²) in [5.41, 5.74) is 0.101. The van der Waals surface area contributed by atoms with Crippen LogP contribution in [0.5, 0.6) is 0 Å². The third kappa shape index (κ3) is 3.69. The Hall–Kier alpha value is -0.620. The van der Waals surface area contributed by atoms with Gasteiger partial charge in [-0.2, -0.15) is 9.38 Å². The van der Waals surface area contributed by atoms with Gasteiger partial charge in [0, 0.05) is 4.88 Å². The molecule has 0 aromatic carbocycles. The van der Waals surface area contributed by atoms with E-state index in [-0.39, 0.29) is 24.2 Å². The number of esters is 1. The van der Waals surface area contributed by atoms with Gasteiger partial charge in [0.15, 0.2) is 0 Å². The van der Waals surface area contributed by atoms with Crippen molar-refractivity contribution >= 4 is 56.3 Å². The van der Waals surface area contributed by atoms with Crippen LogP contribution in [0.25, 0.3) is 0 Å². The van der Waals surface area contributed by atoms with Gasteiger partial charge in [0.05, 0.1) is 16.1 Å². The normalized spacial score (nSPS) is 15.3. The highest BCUT2D eigenvalue weighted by atomic mass is 79.9. The maximum atomic E-state index is 13.6. The molecule has 19 heavy (non-hydrogen) atoms. The Bertz CT molecular complexity index is 534. The van der Waals surface area contributed by atoms with Gasteiger partial charge in [-0.3, -0.25) is 4.79 Å². The van der Waals surface area contributed by atoms with E-state index < -0.39 is 5.13 Å². The second kappa shape index (κ2) is 6.70. The number of hydrogen-bond acceptors (Lipinski definition) is 5. The molecule has 0 N–H and O–H groups in total. The average Bonchev–Trinajstić information content (AvgIpc) is 2.94. The highest BCUT2D eigenvalue weighted by Crippen LogP contribution is 2.38. The molecule has 0 bridgehead atoms. The van der Waals surface area contributed by atoms with Gasteiger partial charge in [-0.05, 0) is 53.8 Å². The number of carbonyl (C=O) groups excluding carboxylic acids is 1. The number of ether oxygens (including phenoxy) is 1. The summed E-state index contributed by atoms with van der Waals surface area (Å²) in [7, 11) is 0. The summed E-state index contributed by atoms with van der Waals surface area (Å²) in [6.45, 7) is 0. The maximum absolute atomic E-state index is 13.6. The molecule has 0 aliphatic heterocycles. The molecule has 2 rings (SSSR count). The van der Waals surface area contributed by atoms with Crippen LogP contribution >= 0.6 is 39.5 Å². The molecule has 1 aromatic rings. The Morgan fingerprint density at radius 2 is 2.26 bits per heavy atom. The molecule has 1 saturated carbocycles. The van der Waals surface area contributed by atoms with Crippen molar-refractivity contribution in [2.45, 2.75) is 38.2 Å². The minimum atomic E-state index is -0.479. The van der Waals surface area contributed by atoms with E-state index in [4.69, 9.17) is 4.74 Å². The van der Waals surface area contributed by atoms with Crippen LogP contribution in [0, 0.1) is 5.13 Å². The summed E-state index contributed by atoms with van der Waals surface area (Å²) in [5, 5.41) is 1.64. The summed E-state index contributed by atoms with van der Waals surface area (Å²) in [6, 6.07) is 0. The van der Waals surface area contributed by atoms with E-state index in [2.05, 4.69) is 38.3 Å². The molecule has 1 aliphatic carbocycles. The van der Waals surface area contributed by atoms with E-state index in [1.165, 1.54) is 0 Å². The molecule has 1 fully saturated rings. The number of aliphatic imine (C=N–C) groups is 1. The van der Waals surface area contributed by atoms with Crippen LogP contribution in [0.15, 0.2) is 9.47 Å². The van der Waals surface area contributed by atoms with Crippen LogP contribution in [0.3, 0.4) is 0 Å². The molecule has 3 nitrogen and oxygen atoms in total. The van der Waals surface area contributed by atoms with Gasteiger partial charge >= 0.3 is 5.97 Å². The Morgan fingerprint density at radius 1 is 1.58 bits per heavy atom. The molecule has 0 unspecified atom stereocenters. The Kier molecular flexibility index (Phi) is 5.21. The molecular formula is C12H11BrFNO2S2. The first-order chi connectivity index (χ1) is 9.11. The molecule has 0 atom stereocenters. The van der Waals surface area contributed by atoms with Gasteiger partial charge in [0.25, 0.3) is 0 Å². The predicted octanol–water partition coefficient (Wildman–Crippen LogP) is 4.41. The van der Waals surface area contributed by atoms with Crippen molar-refractivity contribution < 1.29 is 13.9 Å². The van der Waals surface area contributed by atoms with Crippen LogP contribution in [0.4, 0.5) is 10.1 Å². The first-order valence-corrected chi connectivity index (χ1v) is 7.87. The largest absolute Gasteiger partial charge is 0.462 e. The maximum Gasteiger partial charge on any atom is 0.311 e. The Labute approximate surface area is 128 Å². The average molecular weight is 364 g/mol. The fourth-order valence-corrected chi connectivity index (χ4v) is 3.74. The number of thiocarbonyl (C=S) groups is 1. The van der Waals surface area contributed by atoms with Crippen molar-refractivity contribution in [1.82, 2.24) is 0 Å².